The van der Waals surface area contributed by atoms with Crippen LogP contribution in [0.1, 0.15) is 57.4 Å². The third-order valence-electron chi connectivity index (χ3n) is 6.94. The van der Waals surface area contributed by atoms with Crippen LogP contribution in [0.15, 0.2) is 39.2 Å². The maximum Gasteiger partial charge on any atom is 0.326 e. The predicted octanol–water partition coefficient (Wildman–Crippen LogP) is 2.77. The van der Waals surface area contributed by atoms with E-state index in [2.05, 4.69) is 16.8 Å². The Hall–Kier alpha value is -3.63. The van der Waals surface area contributed by atoms with Crippen LogP contribution < -0.4 is 16.4 Å². The van der Waals surface area contributed by atoms with Crippen LogP contribution in [0, 0.1) is 5.41 Å². The van der Waals surface area contributed by atoms with Crippen molar-refractivity contribution in [3.63, 3.8) is 0 Å². The molecule has 0 saturated carbocycles. The summed E-state index contributed by atoms with van der Waals surface area (Å²) in [6.07, 6.45) is 7.97. The Bertz CT molecular complexity index is 1040. The van der Waals surface area contributed by atoms with Crippen LogP contribution in [-0.2, 0) is 6.42 Å². The summed E-state index contributed by atoms with van der Waals surface area (Å²) in [6, 6.07) is 6.96. The van der Waals surface area contributed by atoms with Crippen LogP contribution in [0.5, 0.6) is 0 Å². The van der Waals surface area contributed by atoms with Crippen LogP contribution in [0.4, 0.5) is 10.5 Å². The Balaban J connectivity index is 1.75. The third-order valence-corrected chi connectivity index (χ3v) is 6.94. The van der Waals surface area contributed by atoms with Gasteiger partial charge in [-0.2, -0.15) is 9.98 Å². The zero-order valence-electron chi connectivity index (χ0n) is 21.9. The summed E-state index contributed by atoms with van der Waals surface area (Å²) in [4.78, 5) is 34.1. The average molecular weight is 509 g/mol. The molecule has 3 aliphatic rings. The normalized spacial score (nSPS) is 19.2. The van der Waals surface area contributed by atoms with Crippen molar-refractivity contribution in [2.75, 3.05) is 44.2 Å². The number of primary amides is 1. The molecule has 0 unspecified atom stereocenters. The molecule has 4 rings (SSSR count). The quantitative estimate of drug-likeness (QED) is 0.425. The largest absolute Gasteiger partial charge is 0.369 e. The van der Waals surface area contributed by atoms with E-state index in [4.69, 9.17) is 26.9 Å². The first-order valence-electron chi connectivity index (χ1n) is 13.5. The second kappa shape index (κ2) is 12.6. The molecule has 0 aliphatic carbocycles. The lowest BCUT2D eigenvalue weighted by molar-refractivity contribution is 0.256. The van der Waals surface area contributed by atoms with Gasteiger partial charge in [-0.25, -0.2) is 9.69 Å². The van der Waals surface area contributed by atoms with E-state index in [-0.39, 0.29) is 5.96 Å². The number of rotatable bonds is 3. The van der Waals surface area contributed by atoms with Crippen LogP contribution in [0.25, 0.3) is 0 Å². The number of amides is 2. The molecule has 200 valence electrons. The molecule has 1 aromatic rings. The second-order valence-electron chi connectivity index (χ2n) is 9.72. The Morgan fingerprint density at radius 1 is 0.973 bits per heavy atom. The molecular formula is C26H40N10O. The number of hydrogen-bond acceptors (Lipinski definition) is 4. The predicted molar refractivity (Wildman–Crippen MR) is 149 cm³/mol. The standard InChI is InChI=1S/C26H40N10O/c1-2-9-20-10-12-21(13-11-20)36(24(29)37)26(31-22(27)33-15-5-6-16-33)32-25-30-14-3-4-19-35(25)23(28)34-17-7-8-18-34/h10-13,28H,2-9,14-19H2,1H3,(H2,29,37)(H2,27,30,31,32). The highest BCUT2D eigenvalue weighted by Crippen LogP contribution is 2.20. The summed E-state index contributed by atoms with van der Waals surface area (Å²) in [5, 5.41) is 8.88. The Kier molecular flexibility index (Phi) is 8.97. The van der Waals surface area contributed by atoms with Crippen molar-refractivity contribution in [2.45, 2.75) is 58.3 Å². The van der Waals surface area contributed by atoms with Gasteiger partial charge in [0.1, 0.15) is 0 Å². The minimum atomic E-state index is -0.713. The molecule has 0 spiro atoms. The van der Waals surface area contributed by atoms with Crippen LogP contribution in [0.3, 0.4) is 0 Å². The fourth-order valence-electron chi connectivity index (χ4n) is 4.92. The van der Waals surface area contributed by atoms with E-state index in [1.807, 2.05) is 34.1 Å². The maximum absolute atomic E-state index is 12.8. The first-order valence-corrected chi connectivity index (χ1v) is 13.5. The molecule has 5 N–H and O–H groups in total. The van der Waals surface area contributed by atoms with Crippen molar-refractivity contribution in [2.24, 2.45) is 26.4 Å². The van der Waals surface area contributed by atoms with Gasteiger partial charge in [0.05, 0.1) is 5.69 Å². The Morgan fingerprint density at radius 2 is 1.59 bits per heavy atom. The van der Waals surface area contributed by atoms with Gasteiger partial charge in [0, 0.05) is 39.3 Å². The lowest BCUT2D eigenvalue weighted by Gasteiger charge is -2.30. The van der Waals surface area contributed by atoms with Crippen molar-refractivity contribution in [3.05, 3.63) is 29.8 Å². The van der Waals surface area contributed by atoms with Gasteiger partial charge in [-0.3, -0.25) is 15.3 Å². The lowest BCUT2D eigenvalue weighted by Crippen LogP contribution is -2.47. The molecule has 0 atom stereocenters. The van der Waals surface area contributed by atoms with Gasteiger partial charge in [-0.15, -0.1) is 0 Å². The minimum Gasteiger partial charge on any atom is -0.369 e. The van der Waals surface area contributed by atoms with E-state index in [0.29, 0.717) is 36.7 Å². The number of aryl methyl sites for hydroxylation is 1. The lowest BCUT2D eigenvalue weighted by atomic mass is 10.1. The highest BCUT2D eigenvalue weighted by Gasteiger charge is 2.28. The van der Waals surface area contributed by atoms with E-state index < -0.39 is 6.03 Å². The molecule has 0 bridgehead atoms. The van der Waals surface area contributed by atoms with Gasteiger partial charge in [0.15, 0.2) is 5.96 Å². The number of nitrogens with zero attached hydrogens (tertiary/aromatic N) is 7. The SMILES string of the molecule is CCCc1ccc(N(C(N)=O)C(/N=C(\N)N2CCCC2)=N/C2=NCCCCN2C(=N)N2CCCC2)cc1. The van der Waals surface area contributed by atoms with Crippen molar-refractivity contribution < 1.29 is 4.79 Å². The zero-order valence-corrected chi connectivity index (χ0v) is 21.9. The Morgan fingerprint density at radius 3 is 2.22 bits per heavy atom. The number of carbonyl (C=O) groups excluding carboxylic acids is 1. The molecule has 2 saturated heterocycles. The van der Waals surface area contributed by atoms with Crippen molar-refractivity contribution in [1.29, 1.82) is 5.41 Å². The summed E-state index contributed by atoms with van der Waals surface area (Å²) < 4.78 is 0. The van der Waals surface area contributed by atoms with E-state index in [0.717, 1.165) is 77.5 Å². The minimum absolute atomic E-state index is 0.0556. The molecule has 3 heterocycles. The van der Waals surface area contributed by atoms with E-state index in [9.17, 15) is 4.79 Å². The van der Waals surface area contributed by atoms with Crippen LogP contribution in [-0.4, -0.2) is 83.8 Å². The Labute approximate surface area is 219 Å². The molecule has 2 fully saturated rings. The second-order valence-corrected chi connectivity index (χ2v) is 9.72. The average Bonchev–Trinajstić information content (AvgIpc) is 3.57. The van der Waals surface area contributed by atoms with Gasteiger partial charge in [-0.1, -0.05) is 25.5 Å². The zero-order chi connectivity index (χ0) is 26.2. The number of carbonyl (C=O) groups is 1. The molecule has 3 aliphatic heterocycles. The van der Waals surface area contributed by atoms with Gasteiger partial charge >= 0.3 is 6.03 Å². The summed E-state index contributed by atoms with van der Waals surface area (Å²) in [5.41, 5.74) is 14.0. The first kappa shape index (κ1) is 26.4. The van der Waals surface area contributed by atoms with Crippen molar-refractivity contribution >= 4 is 35.6 Å². The molecule has 2 amide bonds. The molecule has 0 radical (unpaired) electrons. The third kappa shape index (κ3) is 6.58. The summed E-state index contributed by atoms with van der Waals surface area (Å²) >= 11 is 0. The van der Waals surface area contributed by atoms with Gasteiger partial charge in [0.25, 0.3) is 0 Å². The number of anilines is 1. The highest BCUT2D eigenvalue weighted by atomic mass is 16.2. The number of guanidine groups is 4. The smallest absolute Gasteiger partial charge is 0.326 e. The molecule has 1 aromatic carbocycles. The number of nitrogens with two attached hydrogens (primary N) is 2. The van der Waals surface area contributed by atoms with E-state index in [1.165, 1.54) is 10.5 Å². The molecule has 37 heavy (non-hydrogen) atoms. The summed E-state index contributed by atoms with van der Waals surface area (Å²) in [7, 11) is 0. The number of urea groups is 1. The van der Waals surface area contributed by atoms with Crippen LogP contribution >= 0.6 is 0 Å². The summed E-state index contributed by atoms with van der Waals surface area (Å²) in [6.45, 7) is 6.63. The van der Waals surface area contributed by atoms with Crippen molar-refractivity contribution in [1.82, 2.24) is 14.7 Å². The van der Waals surface area contributed by atoms with E-state index >= 15 is 0 Å². The van der Waals surface area contributed by atoms with Crippen LogP contribution in [0.2, 0.25) is 0 Å². The monoisotopic (exact) mass is 508 g/mol. The maximum atomic E-state index is 12.8. The highest BCUT2D eigenvalue weighted by molar-refractivity contribution is 6.20. The first-order chi connectivity index (χ1) is 18.0. The molecule has 11 nitrogen and oxygen atoms in total. The number of likely N-dealkylation sites (tertiary alicyclic amines) is 2. The molecule has 11 heteroatoms. The van der Waals surface area contributed by atoms with E-state index in [1.54, 1.807) is 0 Å². The fourth-order valence-corrected chi connectivity index (χ4v) is 4.92. The van der Waals surface area contributed by atoms with Gasteiger partial charge in [0.2, 0.25) is 17.9 Å². The number of benzene rings is 1. The molecular weight excluding hydrogens is 468 g/mol. The fraction of sp³-hybridized carbons (Fsp3) is 0.577. The molecule has 0 aromatic heterocycles. The number of hydrogen-bond donors (Lipinski definition) is 3. The van der Waals surface area contributed by atoms with Crippen molar-refractivity contribution in [3.8, 4) is 0 Å². The van der Waals surface area contributed by atoms with Gasteiger partial charge < -0.3 is 21.3 Å². The van der Waals surface area contributed by atoms with Gasteiger partial charge in [-0.05, 0) is 62.6 Å². The number of nitrogens with one attached hydrogen (secondary N) is 1. The number of aliphatic imine (C=N–C) groups is 3. The topological polar surface area (TPSA) is 143 Å². The summed E-state index contributed by atoms with van der Waals surface area (Å²) in [5.74, 6) is 1.09.